The van der Waals surface area contributed by atoms with Gasteiger partial charge in [-0.2, -0.15) is 0 Å². The van der Waals surface area contributed by atoms with Gasteiger partial charge in [-0.1, -0.05) is 24.8 Å². The number of benzene rings is 2. The summed E-state index contributed by atoms with van der Waals surface area (Å²) >= 11 is 0. The predicted octanol–water partition coefficient (Wildman–Crippen LogP) is 4.48. The van der Waals surface area contributed by atoms with Crippen LogP contribution in [0.5, 0.6) is 0 Å². The zero-order valence-electron chi connectivity index (χ0n) is 20.7. The maximum absolute atomic E-state index is 11.8. The maximum Gasteiger partial charge on any atom is 0.247 e. The molecule has 2 aliphatic rings. The largest absolute Gasteiger partial charge is 0.379 e. The number of carbonyl (C=O) groups excluding carboxylic acids is 1. The van der Waals surface area contributed by atoms with Crippen molar-refractivity contribution in [1.29, 1.82) is 0 Å². The van der Waals surface area contributed by atoms with Crippen LogP contribution in [0.3, 0.4) is 0 Å². The molecule has 2 aromatic carbocycles. The Balaban J connectivity index is 0.00000336. The maximum atomic E-state index is 11.8. The van der Waals surface area contributed by atoms with Crippen LogP contribution in [0.1, 0.15) is 6.99 Å². The van der Waals surface area contributed by atoms with Crippen molar-refractivity contribution >= 4 is 34.3 Å². The molecule has 9 heteroatoms. The van der Waals surface area contributed by atoms with Gasteiger partial charge in [0, 0.05) is 37.8 Å². The molecule has 3 heterocycles. The molecule has 0 spiro atoms. The van der Waals surface area contributed by atoms with E-state index in [1.165, 1.54) is 6.08 Å². The van der Waals surface area contributed by atoms with E-state index < -0.39 is 0 Å². The number of pyridine rings is 1. The van der Waals surface area contributed by atoms with Crippen LogP contribution >= 0.6 is 0 Å². The van der Waals surface area contributed by atoms with Crippen molar-refractivity contribution in [3.05, 3.63) is 85.2 Å². The molecule has 9 nitrogen and oxygen atoms in total. The molecule has 0 radical (unpaired) electrons. The summed E-state index contributed by atoms with van der Waals surface area (Å²) in [6, 6.07) is 17.9. The number of anilines is 5. The van der Waals surface area contributed by atoms with Crippen molar-refractivity contribution in [3.8, 4) is 0 Å². The van der Waals surface area contributed by atoms with Crippen LogP contribution in [0.2, 0.25) is 0 Å². The lowest BCUT2D eigenvalue weighted by Crippen LogP contribution is -2.37. The molecular weight excluding hydrogens is 470 g/mol. The Morgan fingerprint density at radius 2 is 1.81 bits per heavy atom. The Morgan fingerprint density at radius 3 is 2.59 bits per heavy atom. The van der Waals surface area contributed by atoms with E-state index in [1.807, 2.05) is 36.5 Å². The predicted molar refractivity (Wildman–Crippen MR) is 145 cm³/mol. The standard InChI is InChI=1S/C28H31N5O4.H2/c1-2-28(34)30-23-4-3-5-25(16-23)33-21-37-20-32(27-17-29-11-10-26(27)33)24-8-6-22(7-9-24)18-36-19-31-12-14-35-15-13-31;/h2-11,16-17H,1,12-15,18-21H2,(H,30,34);1H. The molecule has 3 aromatic rings. The molecule has 5 rings (SSSR count). The summed E-state index contributed by atoms with van der Waals surface area (Å²) in [5.41, 5.74) is 5.57. The number of ether oxygens (including phenoxy) is 3. The first-order chi connectivity index (χ1) is 18.2. The fourth-order valence-corrected chi connectivity index (χ4v) is 4.34. The highest BCUT2D eigenvalue weighted by Gasteiger charge is 2.23. The monoisotopic (exact) mass is 503 g/mol. The van der Waals surface area contributed by atoms with Gasteiger partial charge in [-0.05, 0) is 48.0 Å². The Hall–Kier alpha value is -3.76. The average molecular weight is 504 g/mol. The molecular formula is C28H33N5O4. The van der Waals surface area contributed by atoms with E-state index in [1.54, 1.807) is 6.20 Å². The smallest absolute Gasteiger partial charge is 0.247 e. The third-order valence-corrected chi connectivity index (χ3v) is 6.31. The summed E-state index contributed by atoms with van der Waals surface area (Å²) < 4.78 is 17.4. The highest BCUT2D eigenvalue weighted by atomic mass is 16.5. The fraction of sp³-hybridized carbons (Fsp3) is 0.286. The van der Waals surface area contributed by atoms with Gasteiger partial charge in [0.1, 0.15) is 13.5 Å². The number of morpholine rings is 1. The first-order valence-electron chi connectivity index (χ1n) is 12.3. The van der Waals surface area contributed by atoms with Crippen molar-refractivity contribution in [2.24, 2.45) is 0 Å². The van der Waals surface area contributed by atoms with Crippen LogP contribution in [-0.2, 0) is 25.6 Å². The van der Waals surface area contributed by atoms with E-state index in [-0.39, 0.29) is 7.33 Å². The number of aromatic nitrogens is 1. The zero-order valence-corrected chi connectivity index (χ0v) is 20.7. The van der Waals surface area contributed by atoms with Gasteiger partial charge in [-0.3, -0.25) is 14.7 Å². The molecule has 0 aliphatic carbocycles. The molecule has 0 saturated carbocycles. The fourth-order valence-electron chi connectivity index (χ4n) is 4.34. The first-order valence-corrected chi connectivity index (χ1v) is 12.3. The van der Waals surface area contributed by atoms with E-state index in [0.29, 0.717) is 32.5 Å². The normalized spacial score (nSPS) is 16.1. The number of hydrogen-bond donors (Lipinski definition) is 1. The van der Waals surface area contributed by atoms with Gasteiger partial charge in [-0.15, -0.1) is 0 Å². The molecule has 1 saturated heterocycles. The molecule has 0 bridgehead atoms. The van der Waals surface area contributed by atoms with E-state index in [4.69, 9.17) is 14.2 Å². The molecule has 37 heavy (non-hydrogen) atoms. The van der Waals surface area contributed by atoms with Gasteiger partial charge >= 0.3 is 0 Å². The van der Waals surface area contributed by atoms with Crippen LogP contribution in [-0.4, -0.2) is 62.3 Å². The summed E-state index contributed by atoms with van der Waals surface area (Å²) in [6.07, 6.45) is 4.87. The first kappa shape index (κ1) is 24.9. The van der Waals surface area contributed by atoms with Crippen LogP contribution in [0.4, 0.5) is 28.4 Å². The van der Waals surface area contributed by atoms with Crippen molar-refractivity contribution in [2.75, 3.05) is 61.6 Å². The lowest BCUT2D eigenvalue weighted by atomic mass is 10.2. The second-order valence-corrected chi connectivity index (χ2v) is 8.80. The summed E-state index contributed by atoms with van der Waals surface area (Å²) in [5, 5.41) is 2.82. The third-order valence-electron chi connectivity index (χ3n) is 6.31. The molecule has 1 amide bonds. The molecule has 1 N–H and O–H groups in total. The topological polar surface area (TPSA) is 79.4 Å². The van der Waals surface area contributed by atoms with Crippen LogP contribution < -0.4 is 15.1 Å². The number of amides is 1. The molecule has 194 valence electrons. The zero-order chi connectivity index (χ0) is 25.5. The van der Waals surface area contributed by atoms with Gasteiger partial charge in [0.25, 0.3) is 0 Å². The molecule has 0 atom stereocenters. The van der Waals surface area contributed by atoms with Gasteiger partial charge in [-0.25, -0.2) is 0 Å². The van der Waals surface area contributed by atoms with Crippen LogP contribution in [0, 0.1) is 0 Å². The van der Waals surface area contributed by atoms with Crippen molar-refractivity contribution in [3.63, 3.8) is 0 Å². The Morgan fingerprint density at radius 1 is 1.03 bits per heavy atom. The minimum atomic E-state index is -0.255. The van der Waals surface area contributed by atoms with Gasteiger partial charge in [0.15, 0.2) is 0 Å². The Labute approximate surface area is 218 Å². The number of rotatable bonds is 8. The Kier molecular flexibility index (Phi) is 8.07. The third kappa shape index (κ3) is 6.15. The Bertz CT molecular complexity index is 1220. The van der Waals surface area contributed by atoms with Gasteiger partial charge < -0.3 is 29.3 Å². The molecule has 0 unspecified atom stereocenters. The van der Waals surface area contributed by atoms with Gasteiger partial charge in [0.05, 0.1) is 44.1 Å². The van der Waals surface area contributed by atoms with Crippen LogP contribution in [0.15, 0.2) is 79.6 Å². The van der Waals surface area contributed by atoms with Crippen molar-refractivity contribution in [2.45, 2.75) is 6.61 Å². The van der Waals surface area contributed by atoms with Crippen molar-refractivity contribution in [1.82, 2.24) is 9.88 Å². The second-order valence-electron chi connectivity index (χ2n) is 8.80. The lowest BCUT2D eigenvalue weighted by Gasteiger charge is -2.26. The SMILES string of the molecule is C=CC(=O)Nc1cccc(N2COCN(c3ccc(COCN4CCOCC4)cc3)c3cnccc32)c1.[HH]. The van der Waals surface area contributed by atoms with Crippen LogP contribution in [0.25, 0.3) is 0 Å². The molecule has 1 fully saturated rings. The minimum absolute atomic E-state index is 0. The highest BCUT2D eigenvalue weighted by molar-refractivity contribution is 5.99. The summed E-state index contributed by atoms with van der Waals surface area (Å²) in [6.45, 7) is 8.75. The molecule has 1 aromatic heterocycles. The second kappa shape index (κ2) is 12.0. The number of nitrogens with zero attached hydrogens (tertiary/aromatic N) is 4. The minimum Gasteiger partial charge on any atom is -0.379 e. The number of nitrogens with one attached hydrogen (secondary N) is 1. The molecule has 2 aliphatic heterocycles. The van der Waals surface area contributed by atoms with E-state index in [2.05, 4.69) is 55.8 Å². The van der Waals surface area contributed by atoms with E-state index in [0.717, 1.165) is 54.6 Å². The lowest BCUT2D eigenvalue weighted by molar-refractivity contribution is -0.111. The summed E-state index contributed by atoms with van der Waals surface area (Å²) in [4.78, 5) is 22.6. The van der Waals surface area contributed by atoms with Crippen molar-refractivity contribution < 1.29 is 20.4 Å². The quantitative estimate of drug-likeness (QED) is 0.451. The van der Waals surface area contributed by atoms with E-state index >= 15 is 0 Å². The average Bonchev–Trinajstić information content (AvgIpc) is 3.14. The number of hydrogen-bond acceptors (Lipinski definition) is 8. The summed E-state index contributed by atoms with van der Waals surface area (Å²) in [5.74, 6) is -0.255. The van der Waals surface area contributed by atoms with Gasteiger partial charge in [0.2, 0.25) is 5.91 Å². The number of fused-ring (bicyclic) bond motifs is 1. The summed E-state index contributed by atoms with van der Waals surface area (Å²) in [7, 11) is 0. The highest BCUT2D eigenvalue weighted by Crippen LogP contribution is 2.39. The number of carbonyl (C=O) groups is 1. The van der Waals surface area contributed by atoms with E-state index in [9.17, 15) is 4.79 Å².